The molecule has 0 bridgehead atoms. The summed E-state index contributed by atoms with van der Waals surface area (Å²) in [6.45, 7) is 0. The van der Waals surface area contributed by atoms with Crippen LogP contribution in [-0.2, 0) is 7.05 Å². The summed E-state index contributed by atoms with van der Waals surface area (Å²) in [7, 11) is 3.20. The Labute approximate surface area is 137 Å². The molecule has 0 unspecified atom stereocenters. The van der Waals surface area contributed by atoms with Crippen LogP contribution in [0.3, 0.4) is 0 Å². The van der Waals surface area contributed by atoms with Crippen molar-refractivity contribution in [1.29, 1.82) is 0 Å². The number of hydrazone groups is 1. The summed E-state index contributed by atoms with van der Waals surface area (Å²) in [5.74, 6) is 0.588. The quantitative estimate of drug-likeness (QED) is 0.743. The van der Waals surface area contributed by atoms with Crippen LogP contribution in [0.2, 0.25) is 0 Å². The lowest BCUT2D eigenvalue weighted by Gasteiger charge is -2.11. The number of benzene rings is 1. The van der Waals surface area contributed by atoms with Gasteiger partial charge in [0.25, 0.3) is 5.56 Å². The number of ether oxygens (including phenoxy) is 1. The molecule has 1 aromatic carbocycles. The number of aromatic amines is 1. The maximum Gasteiger partial charge on any atom is 0.264 e. The number of nitrogens with zero attached hydrogens (tertiary/aromatic N) is 2. The molecule has 8 heteroatoms. The van der Waals surface area contributed by atoms with Gasteiger partial charge >= 0.3 is 0 Å². The van der Waals surface area contributed by atoms with Gasteiger partial charge in [-0.2, -0.15) is 5.10 Å². The predicted octanol–water partition coefficient (Wildman–Crippen LogP) is 1.60. The van der Waals surface area contributed by atoms with Crippen molar-refractivity contribution in [1.82, 2.24) is 15.0 Å². The second kappa shape index (κ2) is 5.88. The van der Waals surface area contributed by atoms with E-state index in [1.54, 1.807) is 14.2 Å². The largest absolute Gasteiger partial charge is 0.497 e. The molecule has 0 fully saturated rings. The van der Waals surface area contributed by atoms with E-state index in [2.05, 4.69) is 15.5 Å². The minimum Gasteiger partial charge on any atom is -0.497 e. The van der Waals surface area contributed by atoms with Crippen molar-refractivity contribution in [2.75, 3.05) is 7.11 Å². The van der Waals surface area contributed by atoms with Crippen LogP contribution in [0.1, 0.15) is 23.6 Å². The summed E-state index contributed by atoms with van der Waals surface area (Å²) < 4.78 is 6.64. The zero-order chi connectivity index (χ0) is 16.6. The van der Waals surface area contributed by atoms with Gasteiger partial charge in [0, 0.05) is 13.5 Å². The minimum absolute atomic E-state index is 0.0665. The fourth-order valence-corrected chi connectivity index (χ4v) is 2.68. The van der Waals surface area contributed by atoms with E-state index >= 15 is 0 Å². The molecule has 2 aromatic rings. The first-order valence-electron chi connectivity index (χ1n) is 7.00. The van der Waals surface area contributed by atoms with Gasteiger partial charge in [-0.05, 0) is 29.9 Å². The molecule has 1 atom stereocenters. The molecule has 1 aromatic heterocycles. The average molecular weight is 332 g/mol. The van der Waals surface area contributed by atoms with Crippen LogP contribution in [0, 0.1) is 4.77 Å². The SMILES string of the molecule is COc1ccc([C@H]2CC(c3c(O)n(C)c(=S)[nH]c3=O)=NN2)cc1. The van der Waals surface area contributed by atoms with Crippen LogP contribution >= 0.6 is 12.2 Å². The van der Waals surface area contributed by atoms with Gasteiger partial charge in [0.15, 0.2) is 4.77 Å². The van der Waals surface area contributed by atoms with Gasteiger partial charge in [-0.25, -0.2) is 0 Å². The van der Waals surface area contributed by atoms with E-state index in [0.717, 1.165) is 11.3 Å². The van der Waals surface area contributed by atoms with Crippen molar-refractivity contribution in [3.05, 3.63) is 50.5 Å². The normalized spacial score (nSPS) is 16.8. The Kier molecular flexibility index (Phi) is 3.91. The Morgan fingerprint density at radius 1 is 1.39 bits per heavy atom. The zero-order valence-electron chi connectivity index (χ0n) is 12.7. The molecule has 7 nitrogen and oxygen atoms in total. The molecule has 3 N–H and O–H groups in total. The van der Waals surface area contributed by atoms with E-state index in [9.17, 15) is 9.90 Å². The van der Waals surface area contributed by atoms with Gasteiger partial charge in [-0.15, -0.1) is 0 Å². The number of aromatic hydroxyl groups is 1. The highest BCUT2D eigenvalue weighted by Gasteiger charge is 2.26. The van der Waals surface area contributed by atoms with Crippen LogP contribution in [0.15, 0.2) is 34.2 Å². The Hall–Kier alpha value is -2.61. The number of aromatic nitrogens is 2. The molecule has 0 aliphatic carbocycles. The van der Waals surface area contributed by atoms with Crippen molar-refractivity contribution in [2.24, 2.45) is 12.1 Å². The number of hydrogen-bond donors (Lipinski definition) is 3. The third kappa shape index (κ3) is 2.72. The number of hydrogen-bond acceptors (Lipinski definition) is 6. The predicted molar refractivity (Wildman–Crippen MR) is 88.6 cm³/mol. The molecule has 0 spiro atoms. The van der Waals surface area contributed by atoms with Gasteiger partial charge in [0.05, 0.1) is 18.9 Å². The van der Waals surface area contributed by atoms with E-state index < -0.39 is 5.56 Å². The Morgan fingerprint density at radius 3 is 2.74 bits per heavy atom. The molecule has 0 saturated heterocycles. The van der Waals surface area contributed by atoms with E-state index in [1.807, 2.05) is 24.3 Å². The molecule has 1 aliphatic heterocycles. The van der Waals surface area contributed by atoms with Crippen LogP contribution in [0.4, 0.5) is 0 Å². The van der Waals surface area contributed by atoms with Crippen LogP contribution in [-0.4, -0.2) is 27.5 Å². The van der Waals surface area contributed by atoms with Crippen molar-refractivity contribution in [3.8, 4) is 11.6 Å². The van der Waals surface area contributed by atoms with Gasteiger partial charge in [0.1, 0.15) is 11.3 Å². The lowest BCUT2D eigenvalue weighted by molar-refractivity contribution is 0.414. The molecule has 1 aliphatic rings. The summed E-state index contributed by atoms with van der Waals surface area (Å²) in [4.78, 5) is 14.6. The van der Waals surface area contributed by atoms with Crippen LogP contribution in [0.5, 0.6) is 11.6 Å². The molecule has 0 amide bonds. The summed E-state index contributed by atoms with van der Waals surface area (Å²) in [6.07, 6.45) is 0.486. The fourth-order valence-electron chi connectivity index (χ4n) is 2.50. The van der Waals surface area contributed by atoms with Crippen molar-refractivity contribution in [3.63, 3.8) is 0 Å². The highest BCUT2D eigenvalue weighted by atomic mass is 32.1. The van der Waals surface area contributed by atoms with E-state index in [4.69, 9.17) is 17.0 Å². The van der Waals surface area contributed by atoms with Gasteiger partial charge in [0.2, 0.25) is 5.88 Å². The van der Waals surface area contributed by atoms with Crippen LogP contribution in [0.25, 0.3) is 0 Å². The van der Waals surface area contributed by atoms with Gasteiger partial charge in [-0.3, -0.25) is 14.3 Å². The molecule has 0 radical (unpaired) electrons. The molecule has 3 rings (SSSR count). The van der Waals surface area contributed by atoms with Crippen LogP contribution < -0.4 is 15.7 Å². The topological polar surface area (TPSA) is 91.6 Å². The standard InChI is InChI=1S/C15H16N4O3S/c1-19-14(21)12(13(20)16-15(19)23)11-7-10(17-18-11)8-3-5-9(22-2)6-4-8/h3-6,10,17,21H,7H2,1-2H3,(H,16,20,23)/t10-/m1/s1. The summed E-state index contributed by atoms with van der Waals surface area (Å²) in [5, 5.41) is 14.4. The van der Waals surface area contributed by atoms with Gasteiger partial charge < -0.3 is 15.3 Å². The zero-order valence-corrected chi connectivity index (χ0v) is 13.5. The summed E-state index contributed by atoms with van der Waals surface area (Å²) in [5.41, 5.74) is 4.21. The molecule has 23 heavy (non-hydrogen) atoms. The lowest BCUT2D eigenvalue weighted by atomic mass is 10.00. The van der Waals surface area contributed by atoms with E-state index in [0.29, 0.717) is 12.1 Å². The number of rotatable bonds is 3. The van der Waals surface area contributed by atoms with Crippen molar-refractivity contribution < 1.29 is 9.84 Å². The highest BCUT2D eigenvalue weighted by molar-refractivity contribution is 7.71. The number of methoxy groups -OCH3 is 1. The van der Waals surface area contributed by atoms with Crippen molar-refractivity contribution in [2.45, 2.75) is 12.5 Å². The Morgan fingerprint density at radius 2 is 2.09 bits per heavy atom. The first-order valence-corrected chi connectivity index (χ1v) is 7.40. The smallest absolute Gasteiger partial charge is 0.264 e. The molecule has 2 heterocycles. The highest BCUT2D eigenvalue weighted by Crippen LogP contribution is 2.27. The third-order valence-electron chi connectivity index (χ3n) is 3.85. The summed E-state index contributed by atoms with van der Waals surface area (Å²) >= 11 is 4.97. The molecule has 0 saturated carbocycles. The lowest BCUT2D eigenvalue weighted by Crippen LogP contribution is -2.21. The monoisotopic (exact) mass is 332 g/mol. The number of nitrogens with one attached hydrogen (secondary N) is 2. The first-order chi connectivity index (χ1) is 11.0. The second-order valence-electron chi connectivity index (χ2n) is 5.23. The maximum atomic E-state index is 12.1. The summed E-state index contributed by atoms with van der Waals surface area (Å²) in [6, 6.07) is 7.54. The maximum absolute atomic E-state index is 12.1. The molecule has 120 valence electrons. The number of H-pyrrole nitrogens is 1. The third-order valence-corrected chi connectivity index (χ3v) is 4.23. The molecular weight excluding hydrogens is 316 g/mol. The average Bonchev–Trinajstić information content (AvgIpc) is 3.02. The fraction of sp³-hybridized carbons (Fsp3) is 0.267. The van der Waals surface area contributed by atoms with Crippen molar-refractivity contribution >= 4 is 17.9 Å². The molecular formula is C15H16N4O3S. The van der Waals surface area contributed by atoms with E-state index in [-0.39, 0.29) is 22.3 Å². The Bertz CT molecular complexity index is 883. The Balaban J connectivity index is 1.89. The minimum atomic E-state index is -0.443. The van der Waals surface area contributed by atoms with E-state index in [1.165, 1.54) is 4.57 Å². The second-order valence-corrected chi connectivity index (χ2v) is 5.62. The first kappa shape index (κ1) is 15.3. The van der Waals surface area contributed by atoms with Gasteiger partial charge in [-0.1, -0.05) is 12.1 Å².